The Morgan fingerprint density at radius 1 is 1.08 bits per heavy atom. The lowest BCUT2D eigenvalue weighted by Crippen LogP contribution is -2.60. The van der Waals surface area contributed by atoms with Crippen molar-refractivity contribution in [3.8, 4) is 0 Å². The van der Waals surface area contributed by atoms with Gasteiger partial charge in [-0.15, -0.1) is 0 Å². The van der Waals surface area contributed by atoms with Crippen molar-refractivity contribution in [3.63, 3.8) is 0 Å². The van der Waals surface area contributed by atoms with Crippen molar-refractivity contribution in [2.45, 2.75) is 59.5 Å². The number of hydrogen-bond donors (Lipinski definition) is 2. The molecule has 0 bridgehead atoms. The number of nitrogens with zero attached hydrogens (tertiary/aromatic N) is 3. The van der Waals surface area contributed by atoms with E-state index in [1.165, 1.54) is 0 Å². The fourth-order valence-corrected chi connectivity index (χ4v) is 3.27. The molecule has 0 spiro atoms. The molecule has 3 amide bonds. The normalized spacial score (nSPS) is 17.8. The van der Waals surface area contributed by atoms with Gasteiger partial charge in [-0.3, -0.25) is 19.4 Å². The predicted molar refractivity (Wildman–Crippen MR) is 101 cm³/mol. The Hall–Kier alpha value is -1.67. The molecule has 1 rings (SSSR count). The molecule has 150 valence electrons. The zero-order valence-corrected chi connectivity index (χ0v) is 16.9. The Bertz CT molecular complexity index is 471. The molecule has 0 aliphatic carbocycles. The van der Waals surface area contributed by atoms with E-state index >= 15 is 0 Å². The molecule has 1 heterocycles. The first-order valence-corrected chi connectivity index (χ1v) is 9.77. The molecule has 1 fully saturated rings. The summed E-state index contributed by atoms with van der Waals surface area (Å²) < 4.78 is 0. The van der Waals surface area contributed by atoms with E-state index in [1.807, 2.05) is 32.7 Å². The summed E-state index contributed by atoms with van der Waals surface area (Å²) in [4.78, 5) is 39.3. The highest BCUT2D eigenvalue weighted by atomic mass is 16.2. The quantitative estimate of drug-likeness (QED) is 0.537. The van der Waals surface area contributed by atoms with Gasteiger partial charge in [-0.2, -0.15) is 0 Å². The molecule has 1 aliphatic heterocycles. The lowest BCUT2D eigenvalue weighted by Gasteiger charge is -2.38. The maximum atomic E-state index is 13.0. The zero-order chi connectivity index (χ0) is 19.7. The van der Waals surface area contributed by atoms with Crippen LogP contribution in [-0.4, -0.2) is 84.0 Å². The molecular weight excluding hydrogens is 334 g/mol. The van der Waals surface area contributed by atoms with Crippen molar-refractivity contribution in [1.82, 2.24) is 25.6 Å². The van der Waals surface area contributed by atoms with Gasteiger partial charge in [-0.05, 0) is 40.2 Å². The minimum absolute atomic E-state index is 0.0488. The van der Waals surface area contributed by atoms with Crippen molar-refractivity contribution in [2.24, 2.45) is 0 Å². The van der Waals surface area contributed by atoms with Crippen molar-refractivity contribution in [1.29, 1.82) is 0 Å². The summed E-state index contributed by atoms with van der Waals surface area (Å²) in [6.45, 7) is 12.7. The molecule has 0 aromatic rings. The molecule has 8 heteroatoms. The number of nitrogens with one attached hydrogen (secondary N) is 2. The average Bonchev–Trinajstić information content (AvgIpc) is 3.18. The highest BCUT2D eigenvalue weighted by molar-refractivity contribution is 5.91. The van der Waals surface area contributed by atoms with Crippen LogP contribution in [-0.2, 0) is 14.4 Å². The van der Waals surface area contributed by atoms with E-state index in [2.05, 4.69) is 10.6 Å². The van der Waals surface area contributed by atoms with Crippen LogP contribution < -0.4 is 10.6 Å². The molecule has 0 radical (unpaired) electrons. The molecule has 0 aromatic heterocycles. The van der Waals surface area contributed by atoms with Gasteiger partial charge in [-0.1, -0.05) is 13.8 Å². The monoisotopic (exact) mass is 369 g/mol. The molecule has 8 nitrogen and oxygen atoms in total. The van der Waals surface area contributed by atoms with E-state index < -0.39 is 6.04 Å². The summed E-state index contributed by atoms with van der Waals surface area (Å²) in [7, 11) is 0. The van der Waals surface area contributed by atoms with Crippen LogP contribution in [0.4, 0.5) is 0 Å². The molecule has 26 heavy (non-hydrogen) atoms. The van der Waals surface area contributed by atoms with Gasteiger partial charge in [-0.25, -0.2) is 5.01 Å². The van der Waals surface area contributed by atoms with Gasteiger partial charge in [0.15, 0.2) is 0 Å². The van der Waals surface area contributed by atoms with Gasteiger partial charge < -0.3 is 15.5 Å². The summed E-state index contributed by atoms with van der Waals surface area (Å²) in [5.74, 6) is -0.513. The van der Waals surface area contributed by atoms with E-state index in [0.29, 0.717) is 26.2 Å². The first-order chi connectivity index (χ1) is 12.4. The van der Waals surface area contributed by atoms with Gasteiger partial charge in [0.1, 0.15) is 6.04 Å². The number of carbonyl (C=O) groups is 3. The molecule has 1 aliphatic rings. The zero-order valence-electron chi connectivity index (χ0n) is 16.9. The van der Waals surface area contributed by atoms with E-state index in [-0.39, 0.29) is 30.3 Å². The van der Waals surface area contributed by atoms with Crippen LogP contribution in [0.15, 0.2) is 0 Å². The van der Waals surface area contributed by atoms with Crippen LogP contribution >= 0.6 is 0 Å². The van der Waals surface area contributed by atoms with Gasteiger partial charge in [0.25, 0.3) is 5.91 Å². The first kappa shape index (κ1) is 22.4. The number of rotatable bonds is 10. The van der Waals surface area contributed by atoms with Gasteiger partial charge in [0, 0.05) is 26.2 Å². The predicted octanol–water partition coefficient (Wildman–Crippen LogP) is 0.197. The molecule has 0 saturated carbocycles. The SMILES string of the molecule is CCN(CC)C(=O)CNC(=O)[C@H](C)N(C(=O)[C@@H]1CCCN1)N(CC)CC. The second-order valence-electron chi connectivity index (χ2n) is 6.43. The lowest BCUT2D eigenvalue weighted by atomic mass is 10.2. The Labute approximate surface area is 157 Å². The summed E-state index contributed by atoms with van der Waals surface area (Å²) in [6.07, 6.45) is 1.74. The van der Waals surface area contributed by atoms with Crippen LogP contribution in [0.1, 0.15) is 47.5 Å². The molecule has 2 N–H and O–H groups in total. The summed E-state index contributed by atoms with van der Waals surface area (Å²) in [5.41, 5.74) is 0. The molecule has 0 aromatic carbocycles. The third kappa shape index (κ3) is 5.67. The fourth-order valence-electron chi connectivity index (χ4n) is 3.27. The number of likely N-dealkylation sites (N-methyl/N-ethyl adjacent to an activating group) is 1. The molecule has 1 saturated heterocycles. The maximum absolute atomic E-state index is 13.0. The average molecular weight is 370 g/mol. The Morgan fingerprint density at radius 3 is 2.15 bits per heavy atom. The Morgan fingerprint density at radius 2 is 1.69 bits per heavy atom. The topological polar surface area (TPSA) is 85.0 Å². The Kier molecular flexibility index (Phi) is 9.58. The fraction of sp³-hybridized carbons (Fsp3) is 0.833. The third-order valence-corrected chi connectivity index (χ3v) is 4.90. The molecule has 2 atom stereocenters. The standard InChI is InChI=1S/C18H35N5O3/c1-6-21(7-2)16(24)13-20-17(25)14(5)23(22(8-3)9-4)18(26)15-11-10-12-19-15/h14-15,19H,6-13H2,1-5H3,(H,20,25)/t14-,15-/m0/s1. The smallest absolute Gasteiger partial charge is 0.254 e. The lowest BCUT2D eigenvalue weighted by molar-refractivity contribution is -0.161. The van der Waals surface area contributed by atoms with Crippen molar-refractivity contribution >= 4 is 17.7 Å². The minimum atomic E-state index is -0.672. The van der Waals surface area contributed by atoms with Crippen molar-refractivity contribution < 1.29 is 14.4 Å². The van der Waals surface area contributed by atoms with E-state index in [4.69, 9.17) is 0 Å². The van der Waals surface area contributed by atoms with E-state index in [1.54, 1.807) is 16.8 Å². The van der Waals surface area contributed by atoms with Crippen LogP contribution in [0.3, 0.4) is 0 Å². The van der Waals surface area contributed by atoms with Crippen LogP contribution in [0, 0.1) is 0 Å². The Balaban J connectivity index is 2.79. The van der Waals surface area contributed by atoms with Gasteiger partial charge in [0.05, 0.1) is 12.6 Å². The van der Waals surface area contributed by atoms with Gasteiger partial charge >= 0.3 is 0 Å². The van der Waals surface area contributed by atoms with Crippen LogP contribution in [0.25, 0.3) is 0 Å². The van der Waals surface area contributed by atoms with E-state index in [9.17, 15) is 14.4 Å². The summed E-state index contributed by atoms with van der Waals surface area (Å²) >= 11 is 0. The summed E-state index contributed by atoms with van der Waals surface area (Å²) in [5, 5.41) is 9.32. The summed E-state index contributed by atoms with van der Waals surface area (Å²) in [6, 6.07) is -0.919. The van der Waals surface area contributed by atoms with Gasteiger partial charge in [0.2, 0.25) is 11.8 Å². The number of carbonyl (C=O) groups excluding carboxylic acids is 3. The van der Waals surface area contributed by atoms with Crippen molar-refractivity contribution in [3.05, 3.63) is 0 Å². The highest BCUT2D eigenvalue weighted by Gasteiger charge is 2.35. The third-order valence-electron chi connectivity index (χ3n) is 4.90. The number of hydrazine groups is 1. The number of amides is 3. The molecule has 0 unspecified atom stereocenters. The van der Waals surface area contributed by atoms with Crippen LogP contribution in [0.2, 0.25) is 0 Å². The first-order valence-electron chi connectivity index (χ1n) is 9.77. The second kappa shape index (κ2) is 11.1. The van der Waals surface area contributed by atoms with Crippen molar-refractivity contribution in [2.75, 3.05) is 39.3 Å². The second-order valence-corrected chi connectivity index (χ2v) is 6.43. The largest absolute Gasteiger partial charge is 0.345 e. The minimum Gasteiger partial charge on any atom is -0.345 e. The maximum Gasteiger partial charge on any atom is 0.254 e. The van der Waals surface area contributed by atoms with Crippen LogP contribution in [0.5, 0.6) is 0 Å². The van der Waals surface area contributed by atoms with E-state index in [0.717, 1.165) is 19.4 Å². The molecular formula is C18H35N5O3. The number of hydrogen-bond acceptors (Lipinski definition) is 5. The highest BCUT2D eigenvalue weighted by Crippen LogP contribution is 2.14.